The molecule has 2 rings (SSSR count). The predicted molar refractivity (Wildman–Crippen MR) is 87.2 cm³/mol. The van der Waals surface area contributed by atoms with E-state index >= 15 is 0 Å². The van der Waals surface area contributed by atoms with Gasteiger partial charge in [0.15, 0.2) is 0 Å². The molecule has 6 nitrogen and oxygen atoms in total. The summed E-state index contributed by atoms with van der Waals surface area (Å²) >= 11 is 0. The van der Waals surface area contributed by atoms with Crippen molar-refractivity contribution in [3.63, 3.8) is 0 Å². The lowest BCUT2D eigenvalue weighted by Crippen LogP contribution is -2.41. The third-order valence-corrected chi connectivity index (χ3v) is 4.05. The highest BCUT2D eigenvalue weighted by molar-refractivity contribution is 6.22. The van der Waals surface area contributed by atoms with E-state index in [-0.39, 0.29) is 12.5 Å². The molecule has 6 heteroatoms. The van der Waals surface area contributed by atoms with Crippen molar-refractivity contribution < 1.29 is 14.4 Å². The lowest BCUT2D eigenvalue weighted by atomic mass is 10.1. The highest BCUT2D eigenvalue weighted by Crippen LogP contribution is 2.21. The molecule has 0 bridgehead atoms. The van der Waals surface area contributed by atoms with E-state index in [9.17, 15) is 14.4 Å². The van der Waals surface area contributed by atoms with Crippen molar-refractivity contribution >= 4 is 17.7 Å². The number of benzene rings is 1. The fraction of sp³-hybridized carbons (Fsp3) is 0.471. The molecule has 1 aromatic rings. The molecule has 0 spiro atoms. The normalized spacial score (nSPS) is 13.6. The Kier molecular flexibility index (Phi) is 5.87. The first-order valence-corrected chi connectivity index (χ1v) is 8.02. The monoisotopic (exact) mass is 317 g/mol. The fourth-order valence-electron chi connectivity index (χ4n) is 2.65. The average Bonchev–Trinajstić information content (AvgIpc) is 2.80. The molecule has 0 fully saturated rings. The van der Waals surface area contributed by atoms with Crippen molar-refractivity contribution in [2.45, 2.75) is 20.3 Å². The summed E-state index contributed by atoms with van der Waals surface area (Å²) in [6.07, 6.45) is 0.843. The second kappa shape index (κ2) is 7.87. The molecule has 1 heterocycles. The maximum Gasteiger partial charge on any atom is 0.262 e. The molecule has 124 valence electrons. The minimum atomic E-state index is -0.399. The van der Waals surface area contributed by atoms with Crippen LogP contribution >= 0.6 is 0 Å². The number of amides is 3. The standard InChI is InChI=1S/C17H23N3O3/c1-3-19(4-2)11-7-10-18-15(21)12-20-16(22)13-8-5-6-9-14(13)17(20)23/h5-6,8-9H,3-4,7,10-12H2,1-2H3,(H,18,21). The van der Waals surface area contributed by atoms with Crippen LogP contribution in [0.1, 0.15) is 41.0 Å². The molecule has 1 aliphatic rings. The highest BCUT2D eigenvalue weighted by atomic mass is 16.2. The van der Waals surface area contributed by atoms with Crippen LogP contribution in [-0.4, -0.2) is 60.2 Å². The summed E-state index contributed by atoms with van der Waals surface area (Å²) in [6.45, 7) is 7.41. The van der Waals surface area contributed by atoms with Gasteiger partial charge in [0, 0.05) is 6.54 Å². The summed E-state index contributed by atoms with van der Waals surface area (Å²) in [5.41, 5.74) is 0.735. The lowest BCUT2D eigenvalue weighted by Gasteiger charge is -2.18. The van der Waals surface area contributed by atoms with Crippen LogP contribution < -0.4 is 5.32 Å². The van der Waals surface area contributed by atoms with Gasteiger partial charge in [0.25, 0.3) is 11.8 Å². The zero-order chi connectivity index (χ0) is 16.8. The van der Waals surface area contributed by atoms with Gasteiger partial charge >= 0.3 is 0 Å². The molecule has 1 aromatic carbocycles. The lowest BCUT2D eigenvalue weighted by molar-refractivity contribution is -0.121. The van der Waals surface area contributed by atoms with Crippen LogP contribution in [0.4, 0.5) is 0 Å². The van der Waals surface area contributed by atoms with Gasteiger partial charge in [0.1, 0.15) is 6.54 Å². The number of hydrogen-bond donors (Lipinski definition) is 1. The summed E-state index contributed by atoms with van der Waals surface area (Å²) in [5.74, 6) is -1.10. The van der Waals surface area contributed by atoms with Gasteiger partial charge in [-0.05, 0) is 38.2 Å². The third kappa shape index (κ3) is 3.96. The maximum atomic E-state index is 12.2. The van der Waals surface area contributed by atoms with Crippen LogP contribution in [0, 0.1) is 0 Å². The molecular weight excluding hydrogens is 294 g/mol. The molecule has 1 N–H and O–H groups in total. The van der Waals surface area contributed by atoms with Crippen molar-refractivity contribution in [3.05, 3.63) is 35.4 Å². The minimum absolute atomic E-state index is 0.225. The molecule has 0 saturated carbocycles. The van der Waals surface area contributed by atoms with E-state index in [0.29, 0.717) is 17.7 Å². The molecule has 0 aromatic heterocycles. The van der Waals surface area contributed by atoms with Crippen molar-refractivity contribution in [3.8, 4) is 0 Å². The highest BCUT2D eigenvalue weighted by Gasteiger charge is 2.36. The zero-order valence-electron chi connectivity index (χ0n) is 13.7. The molecule has 1 aliphatic heterocycles. The Balaban J connectivity index is 1.81. The molecule has 0 saturated heterocycles. The van der Waals surface area contributed by atoms with Crippen molar-refractivity contribution in [2.24, 2.45) is 0 Å². The van der Waals surface area contributed by atoms with Gasteiger partial charge < -0.3 is 10.2 Å². The maximum absolute atomic E-state index is 12.2. The van der Waals surface area contributed by atoms with Gasteiger partial charge in [-0.15, -0.1) is 0 Å². The molecule has 3 amide bonds. The quantitative estimate of drug-likeness (QED) is 0.576. The van der Waals surface area contributed by atoms with E-state index in [1.807, 2.05) is 0 Å². The summed E-state index contributed by atoms with van der Waals surface area (Å²) in [6, 6.07) is 6.64. The van der Waals surface area contributed by atoms with Crippen molar-refractivity contribution in [2.75, 3.05) is 32.7 Å². The van der Waals surface area contributed by atoms with E-state index in [1.54, 1.807) is 24.3 Å². The Morgan fingerprint density at radius 3 is 2.17 bits per heavy atom. The number of carbonyl (C=O) groups is 3. The number of nitrogens with one attached hydrogen (secondary N) is 1. The first-order valence-electron chi connectivity index (χ1n) is 8.02. The second-order valence-electron chi connectivity index (χ2n) is 5.47. The number of hydrogen-bond acceptors (Lipinski definition) is 4. The van der Waals surface area contributed by atoms with Crippen molar-refractivity contribution in [1.82, 2.24) is 15.1 Å². The average molecular weight is 317 g/mol. The number of carbonyl (C=O) groups excluding carboxylic acids is 3. The van der Waals surface area contributed by atoms with Crippen LogP contribution in [0.3, 0.4) is 0 Å². The van der Waals surface area contributed by atoms with E-state index in [2.05, 4.69) is 24.1 Å². The minimum Gasteiger partial charge on any atom is -0.354 e. The van der Waals surface area contributed by atoms with Gasteiger partial charge in [-0.3, -0.25) is 19.3 Å². The second-order valence-corrected chi connectivity index (χ2v) is 5.47. The van der Waals surface area contributed by atoms with E-state index in [0.717, 1.165) is 31.0 Å². The molecule has 23 heavy (non-hydrogen) atoms. The van der Waals surface area contributed by atoms with E-state index in [1.165, 1.54) is 0 Å². The zero-order valence-corrected chi connectivity index (χ0v) is 13.7. The molecule has 0 unspecified atom stereocenters. The summed E-state index contributed by atoms with van der Waals surface area (Å²) in [7, 11) is 0. The number of fused-ring (bicyclic) bond motifs is 1. The first-order chi connectivity index (χ1) is 11.1. The molecule has 0 atom stereocenters. The first kappa shape index (κ1) is 17.1. The van der Waals surface area contributed by atoms with Crippen LogP contribution in [-0.2, 0) is 4.79 Å². The Morgan fingerprint density at radius 1 is 1.09 bits per heavy atom. The van der Waals surface area contributed by atoms with E-state index in [4.69, 9.17) is 0 Å². The van der Waals surface area contributed by atoms with Crippen LogP contribution in [0.25, 0.3) is 0 Å². The summed E-state index contributed by atoms with van der Waals surface area (Å²) in [5, 5.41) is 2.77. The number of nitrogens with zero attached hydrogens (tertiary/aromatic N) is 2. The molecular formula is C17H23N3O3. The van der Waals surface area contributed by atoms with E-state index < -0.39 is 11.8 Å². The summed E-state index contributed by atoms with van der Waals surface area (Å²) < 4.78 is 0. The van der Waals surface area contributed by atoms with Gasteiger partial charge in [-0.2, -0.15) is 0 Å². The van der Waals surface area contributed by atoms with Crippen LogP contribution in [0.5, 0.6) is 0 Å². The number of rotatable bonds is 8. The summed E-state index contributed by atoms with van der Waals surface area (Å²) in [4.78, 5) is 39.5. The smallest absolute Gasteiger partial charge is 0.262 e. The Bertz CT molecular complexity index is 562. The molecule has 0 aliphatic carbocycles. The predicted octanol–water partition coefficient (Wildman–Crippen LogP) is 1.13. The number of imide groups is 1. The van der Waals surface area contributed by atoms with Gasteiger partial charge in [-0.25, -0.2) is 0 Å². The fourth-order valence-corrected chi connectivity index (χ4v) is 2.65. The Labute approximate surface area is 136 Å². The topological polar surface area (TPSA) is 69.7 Å². The largest absolute Gasteiger partial charge is 0.354 e. The van der Waals surface area contributed by atoms with Gasteiger partial charge in [0.2, 0.25) is 5.91 Å². The van der Waals surface area contributed by atoms with Gasteiger partial charge in [0.05, 0.1) is 11.1 Å². The van der Waals surface area contributed by atoms with Crippen molar-refractivity contribution in [1.29, 1.82) is 0 Å². The molecule has 0 radical (unpaired) electrons. The van der Waals surface area contributed by atoms with Crippen LogP contribution in [0.15, 0.2) is 24.3 Å². The van der Waals surface area contributed by atoms with Crippen LogP contribution in [0.2, 0.25) is 0 Å². The Morgan fingerprint density at radius 2 is 1.65 bits per heavy atom. The SMILES string of the molecule is CCN(CC)CCCNC(=O)CN1C(=O)c2ccccc2C1=O. The van der Waals surface area contributed by atoms with Gasteiger partial charge in [-0.1, -0.05) is 26.0 Å². The Hall–Kier alpha value is -2.21. The third-order valence-electron chi connectivity index (χ3n) is 4.05.